The highest BCUT2D eigenvalue weighted by atomic mass is 19.2. The molecule has 0 saturated heterocycles. The first-order valence-corrected chi connectivity index (χ1v) is 11.5. The minimum Gasteiger partial charge on any atom is -0.450 e. The molecule has 2 atom stereocenters. The number of halogens is 4. The fraction of sp³-hybridized carbons (Fsp3) is 0.538. The molecular formula is C26H32F4O2. The summed E-state index contributed by atoms with van der Waals surface area (Å²) in [7, 11) is 0. The Morgan fingerprint density at radius 2 is 1.69 bits per heavy atom. The van der Waals surface area contributed by atoms with E-state index in [9.17, 15) is 13.2 Å². The fourth-order valence-electron chi connectivity index (χ4n) is 4.06. The third kappa shape index (κ3) is 5.64. The second kappa shape index (κ2) is 11.2. The van der Waals surface area contributed by atoms with Crippen LogP contribution in [0.25, 0.3) is 0 Å². The highest BCUT2D eigenvalue weighted by Crippen LogP contribution is 2.42. The average Bonchev–Trinajstić information content (AvgIpc) is 2.78. The molecular weight excluding hydrogens is 420 g/mol. The van der Waals surface area contributed by atoms with E-state index in [1.54, 1.807) is 18.2 Å². The van der Waals surface area contributed by atoms with Gasteiger partial charge in [0, 0.05) is 24.2 Å². The Morgan fingerprint density at radius 3 is 2.41 bits per heavy atom. The van der Waals surface area contributed by atoms with Crippen LogP contribution in [0.4, 0.5) is 17.6 Å². The van der Waals surface area contributed by atoms with Crippen LogP contribution in [-0.4, -0.2) is 19.4 Å². The summed E-state index contributed by atoms with van der Waals surface area (Å²) in [6, 6.07) is 5.17. The molecule has 1 aliphatic heterocycles. The van der Waals surface area contributed by atoms with E-state index in [0.29, 0.717) is 73.8 Å². The summed E-state index contributed by atoms with van der Waals surface area (Å²) >= 11 is 0. The van der Waals surface area contributed by atoms with Crippen molar-refractivity contribution in [3.8, 4) is 11.5 Å². The van der Waals surface area contributed by atoms with E-state index in [2.05, 4.69) is 0 Å². The van der Waals surface area contributed by atoms with Gasteiger partial charge in [-0.05, 0) is 62.1 Å². The second-order valence-electron chi connectivity index (χ2n) is 8.83. The van der Waals surface area contributed by atoms with Crippen molar-refractivity contribution in [3.63, 3.8) is 0 Å². The third-order valence-corrected chi connectivity index (χ3v) is 5.99. The number of aryl methyl sites for hydroxylation is 2. The predicted octanol–water partition coefficient (Wildman–Crippen LogP) is 7.48. The molecule has 1 heterocycles. The quantitative estimate of drug-likeness (QED) is 0.281. The van der Waals surface area contributed by atoms with Gasteiger partial charge < -0.3 is 9.47 Å². The number of fused-ring (bicyclic) bond motifs is 2. The van der Waals surface area contributed by atoms with E-state index in [0.717, 1.165) is 0 Å². The van der Waals surface area contributed by atoms with Gasteiger partial charge in [-0.25, -0.2) is 8.78 Å². The zero-order valence-corrected chi connectivity index (χ0v) is 19.1. The molecule has 0 amide bonds. The molecule has 176 valence electrons. The van der Waals surface area contributed by atoms with Crippen LogP contribution in [0.1, 0.15) is 68.7 Å². The highest BCUT2D eigenvalue weighted by Gasteiger charge is 2.28. The normalized spacial score (nSPS) is 14.5. The molecule has 0 radical (unpaired) electrons. The first-order chi connectivity index (χ1) is 15.3. The van der Waals surface area contributed by atoms with Gasteiger partial charge in [-0.1, -0.05) is 32.4 Å². The lowest BCUT2D eigenvalue weighted by Gasteiger charge is -2.23. The van der Waals surface area contributed by atoms with Crippen molar-refractivity contribution < 1.29 is 27.0 Å². The van der Waals surface area contributed by atoms with E-state index in [1.165, 1.54) is 0 Å². The van der Waals surface area contributed by atoms with Crippen LogP contribution in [-0.2, 0) is 24.0 Å². The average molecular weight is 453 g/mol. The first-order valence-electron chi connectivity index (χ1n) is 11.5. The Labute approximate surface area is 187 Å². The molecule has 0 saturated carbocycles. The third-order valence-electron chi connectivity index (χ3n) is 5.99. The Kier molecular flexibility index (Phi) is 8.57. The van der Waals surface area contributed by atoms with Crippen molar-refractivity contribution in [2.75, 3.05) is 13.3 Å². The number of rotatable bonds is 11. The van der Waals surface area contributed by atoms with Gasteiger partial charge in [-0.3, -0.25) is 4.39 Å². The lowest BCUT2D eigenvalue weighted by atomic mass is 9.94. The van der Waals surface area contributed by atoms with Crippen molar-refractivity contribution in [2.24, 2.45) is 5.92 Å². The lowest BCUT2D eigenvalue weighted by Crippen LogP contribution is -2.15. The SMILES string of the molecule is CCCc1cc2c(c(F)c1F)Oc1c(ccc(CCC(C)COC(C)CCCF)c1F)C2. The molecule has 2 unspecified atom stereocenters. The predicted molar refractivity (Wildman–Crippen MR) is 118 cm³/mol. The van der Waals surface area contributed by atoms with Gasteiger partial charge in [0.2, 0.25) is 5.82 Å². The Morgan fingerprint density at radius 1 is 0.938 bits per heavy atom. The Hall–Kier alpha value is -2.08. The maximum Gasteiger partial charge on any atom is 0.201 e. The smallest absolute Gasteiger partial charge is 0.201 e. The largest absolute Gasteiger partial charge is 0.450 e. The molecule has 2 nitrogen and oxygen atoms in total. The Bertz CT molecular complexity index is 929. The lowest BCUT2D eigenvalue weighted by molar-refractivity contribution is 0.0352. The van der Waals surface area contributed by atoms with Crippen molar-refractivity contribution in [1.82, 2.24) is 0 Å². The zero-order valence-electron chi connectivity index (χ0n) is 19.1. The molecule has 3 rings (SSSR count). The zero-order chi connectivity index (χ0) is 23.3. The van der Waals surface area contributed by atoms with Crippen molar-refractivity contribution in [1.29, 1.82) is 0 Å². The second-order valence-corrected chi connectivity index (χ2v) is 8.83. The van der Waals surface area contributed by atoms with Crippen molar-refractivity contribution in [3.05, 3.63) is 57.9 Å². The fourth-order valence-corrected chi connectivity index (χ4v) is 4.06. The molecule has 32 heavy (non-hydrogen) atoms. The number of ether oxygens (including phenoxy) is 2. The van der Waals surface area contributed by atoms with E-state index < -0.39 is 17.5 Å². The van der Waals surface area contributed by atoms with E-state index >= 15 is 4.39 Å². The van der Waals surface area contributed by atoms with Crippen LogP contribution in [0.2, 0.25) is 0 Å². The van der Waals surface area contributed by atoms with Crippen LogP contribution in [0.3, 0.4) is 0 Å². The molecule has 0 spiro atoms. The van der Waals surface area contributed by atoms with Gasteiger partial charge in [0.1, 0.15) is 0 Å². The minimum absolute atomic E-state index is 0.00437. The molecule has 2 aromatic rings. The summed E-state index contributed by atoms with van der Waals surface area (Å²) in [4.78, 5) is 0. The minimum atomic E-state index is -1.05. The highest BCUT2D eigenvalue weighted by molar-refractivity contribution is 5.53. The van der Waals surface area contributed by atoms with Crippen LogP contribution >= 0.6 is 0 Å². The van der Waals surface area contributed by atoms with Gasteiger partial charge in [0.15, 0.2) is 23.1 Å². The standard InChI is InChI=1S/C26H32F4O2/c1-4-6-19-13-21-14-20-11-10-18(9-8-16(2)15-31-17(3)7-5-12-27)23(29)25(20)32-26(21)24(30)22(19)28/h10-11,13,16-17H,4-9,12,14-15H2,1-3H3. The summed E-state index contributed by atoms with van der Waals surface area (Å²) in [6.45, 7) is 6.03. The van der Waals surface area contributed by atoms with Crippen molar-refractivity contribution in [2.45, 2.75) is 71.8 Å². The molecule has 1 aliphatic rings. The molecule has 0 N–H and O–H groups in total. The van der Waals surface area contributed by atoms with E-state index in [-0.39, 0.29) is 30.2 Å². The summed E-state index contributed by atoms with van der Waals surface area (Å²) in [5.41, 5.74) is 1.97. The van der Waals surface area contributed by atoms with Crippen LogP contribution in [0, 0.1) is 23.4 Å². The molecule has 0 bridgehead atoms. The monoisotopic (exact) mass is 452 g/mol. The van der Waals surface area contributed by atoms with E-state index in [4.69, 9.17) is 9.47 Å². The van der Waals surface area contributed by atoms with Crippen LogP contribution in [0.15, 0.2) is 18.2 Å². The van der Waals surface area contributed by atoms with Gasteiger partial charge in [-0.2, -0.15) is 4.39 Å². The number of benzene rings is 2. The molecule has 0 aromatic heterocycles. The molecule has 0 fully saturated rings. The molecule has 6 heteroatoms. The van der Waals surface area contributed by atoms with Crippen LogP contribution < -0.4 is 4.74 Å². The topological polar surface area (TPSA) is 18.5 Å². The molecule has 2 aromatic carbocycles. The van der Waals surface area contributed by atoms with Crippen molar-refractivity contribution >= 4 is 0 Å². The first kappa shape index (κ1) is 24.6. The van der Waals surface area contributed by atoms with Gasteiger partial charge in [0.05, 0.1) is 12.8 Å². The van der Waals surface area contributed by atoms with Crippen LogP contribution in [0.5, 0.6) is 11.5 Å². The van der Waals surface area contributed by atoms with Gasteiger partial charge >= 0.3 is 0 Å². The summed E-state index contributed by atoms with van der Waals surface area (Å²) < 4.78 is 67.7. The maximum atomic E-state index is 15.2. The number of alkyl halides is 1. The number of hydrogen-bond donors (Lipinski definition) is 0. The summed E-state index contributed by atoms with van der Waals surface area (Å²) in [6.07, 6.45) is 3.78. The summed E-state index contributed by atoms with van der Waals surface area (Å²) in [5, 5.41) is 0. The molecule has 0 aliphatic carbocycles. The van der Waals surface area contributed by atoms with Gasteiger partial charge in [-0.15, -0.1) is 0 Å². The Balaban J connectivity index is 1.67. The van der Waals surface area contributed by atoms with Gasteiger partial charge in [0.25, 0.3) is 0 Å². The van der Waals surface area contributed by atoms with E-state index in [1.807, 2.05) is 20.8 Å². The number of hydrogen-bond acceptors (Lipinski definition) is 2. The summed E-state index contributed by atoms with van der Waals surface area (Å²) in [5.74, 6) is -2.51. The maximum absolute atomic E-state index is 15.2.